The summed E-state index contributed by atoms with van der Waals surface area (Å²) in [6.45, 7) is 0. The topological polar surface area (TPSA) is 50.4 Å². The Kier molecular flexibility index (Phi) is 3.43. The Morgan fingerprint density at radius 3 is 2.48 bits per heavy atom. The molecule has 0 unspecified atom stereocenters. The maximum absolute atomic E-state index is 6.06. The molecule has 0 amide bonds. The van der Waals surface area contributed by atoms with Crippen LogP contribution in [-0.2, 0) is 12.8 Å². The van der Waals surface area contributed by atoms with E-state index >= 15 is 0 Å². The van der Waals surface area contributed by atoms with E-state index in [1.807, 2.05) is 30.3 Å². The minimum atomic E-state index is 0.367. The number of aliphatic imine (C=N–C) groups is 1. The van der Waals surface area contributed by atoms with Crippen molar-refractivity contribution in [3.8, 4) is 0 Å². The Labute approximate surface area is 139 Å². The second-order valence-corrected chi connectivity index (χ2v) is 6.15. The summed E-state index contributed by atoms with van der Waals surface area (Å²) in [6, 6.07) is 18.0. The van der Waals surface area contributed by atoms with Crippen molar-refractivity contribution >= 4 is 39.7 Å². The van der Waals surface area contributed by atoms with E-state index < -0.39 is 0 Å². The summed E-state index contributed by atoms with van der Waals surface area (Å²) in [5.41, 5.74) is 10.6. The molecule has 0 fully saturated rings. The first-order valence-corrected chi connectivity index (χ1v) is 7.99. The monoisotopic (exact) mass is 321 g/mol. The number of benzene rings is 3. The molecule has 114 valence electrons. The van der Waals surface area contributed by atoms with Gasteiger partial charge in [0.15, 0.2) is 5.96 Å². The Bertz CT molecular complexity index is 904. The van der Waals surface area contributed by atoms with Gasteiger partial charge in [-0.2, -0.15) is 0 Å². The molecule has 4 rings (SSSR count). The van der Waals surface area contributed by atoms with Gasteiger partial charge in [-0.15, -0.1) is 0 Å². The van der Waals surface area contributed by atoms with Crippen LogP contribution in [0.3, 0.4) is 0 Å². The first-order valence-electron chi connectivity index (χ1n) is 7.61. The summed E-state index contributed by atoms with van der Waals surface area (Å²) in [4.78, 5) is 4.57. The van der Waals surface area contributed by atoms with Crippen molar-refractivity contribution in [3.05, 3.63) is 70.7 Å². The van der Waals surface area contributed by atoms with Crippen LogP contribution in [-0.4, -0.2) is 5.96 Å². The lowest BCUT2D eigenvalue weighted by Gasteiger charge is -2.08. The average Bonchev–Trinajstić information content (AvgIpc) is 2.97. The molecule has 4 heteroatoms. The molecule has 0 spiro atoms. The quantitative estimate of drug-likeness (QED) is 0.533. The highest BCUT2D eigenvalue weighted by molar-refractivity contribution is 6.30. The molecule has 0 heterocycles. The van der Waals surface area contributed by atoms with E-state index in [2.05, 4.69) is 34.6 Å². The van der Waals surface area contributed by atoms with E-state index in [0.29, 0.717) is 11.0 Å². The average molecular weight is 322 g/mol. The Morgan fingerprint density at radius 2 is 1.70 bits per heavy atom. The predicted octanol–water partition coefficient (Wildman–Crippen LogP) is 4.65. The van der Waals surface area contributed by atoms with Gasteiger partial charge in [0.25, 0.3) is 0 Å². The lowest BCUT2D eigenvalue weighted by Crippen LogP contribution is -2.21. The van der Waals surface area contributed by atoms with Gasteiger partial charge in [-0.3, -0.25) is 0 Å². The van der Waals surface area contributed by atoms with Crippen molar-refractivity contribution < 1.29 is 0 Å². The van der Waals surface area contributed by atoms with Crippen LogP contribution in [0.1, 0.15) is 11.1 Å². The molecule has 23 heavy (non-hydrogen) atoms. The van der Waals surface area contributed by atoms with E-state index in [4.69, 9.17) is 17.3 Å². The molecule has 1 aliphatic rings. The van der Waals surface area contributed by atoms with Crippen molar-refractivity contribution in [3.63, 3.8) is 0 Å². The highest BCUT2D eigenvalue weighted by atomic mass is 35.5. The number of rotatable bonds is 2. The Balaban J connectivity index is 1.71. The minimum absolute atomic E-state index is 0.367. The van der Waals surface area contributed by atoms with Gasteiger partial charge in [0, 0.05) is 16.1 Å². The fourth-order valence-electron chi connectivity index (χ4n) is 3.17. The van der Waals surface area contributed by atoms with Crippen LogP contribution in [0.2, 0.25) is 5.02 Å². The highest BCUT2D eigenvalue weighted by Crippen LogP contribution is 2.36. The van der Waals surface area contributed by atoms with Gasteiger partial charge in [-0.1, -0.05) is 35.9 Å². The summed E-state index contributed by atoms with van der Waals surface area (Å²) in [7, 11) is 0. The maximum atomic E-state index is 6.06. The fourth-order valence-corrected chi connectivity index (χ4v) is 3.29. The van der Waals surface area contributed by atoms with Crippen LogP contribution in [0.25, 0.3) is 10.8 Å². The van der Waals surface area contributed by atoms with Crippen LogP contribution < -0.4 is 11.1 Å². The molecule has 3 aromatic carbocycles. The van der Waals surface area contributed by atoms with Gasteiger partial charge in [0.2, 0.25) is 0 Å². The van der Waals surface area contributed by atoms with Crippen LogP contribution in [0.15, 0.2) is 59.6 Å². The first kappa shape index (κ1) is 14.1. The molecule has 0 aromatic heterocycles. The zero-order valence-corrected chi connectivity index (χ0v) is 13.3. The highest BCUT2D eigenvalue weighted by Gasteiger charge is 2.15. The molecule has 0 bridgehead atoms. The summed E-state index contributed by atoms with van der Waals surface area (Å²) in [5, 5.41) is 6.30. The Morgan fingerprint density at radius 1 is 0.957 bits per heavy atom. The smallest absolute Gasteiger partial charge is 0.198 e. The number of nitrogens with zero attached hydrogens (tertiary/aromatic N) is 1. The Hall–Kier alpha value is -2.52. The van der Waals surface area contributed by atoms with Crippen molar-refractivity contribution in [1.82, 2.24) is 0 Å². The third-order valence-corrected chi connectivity index (χ3v) is 4.46. The normalized spacial score (nSPS) is 13.5. The molecule has 3 aromatic rings. The van der Waals surface area contributed by atoms with Gasteiger partial charge in [0.05, 0.1) is 5.69 Å². The lowest BCUT2D eigenvalue weighted by atomic mass is 10.0. The van der Waals surface area contributed by atoms with Crippen LogP contribution in [0.5, 0.6) is 0 Å². The number of aryl methyl sites for hydroxylation is 2. The number of hydrogen-bond donors (Lipinski definition) is 2. The number of nitrogens with two attached hydrogens (primary N) is 1. The van der Waals surface area contributed by atoms with Crippen molar-refractivity contribution in [2.75, 3.05) is 5.32 Å². The van der Waals surface area contributed by atoms with E-state index in [9.17, 15) is 0 Å². The van der Waals surface area contributed by atoms with Crippen LogP contribution >= 0.6 is 11.6 Å². The number of nitrogens with one attached hydrogen (secondary N) is 1. The van der Waals surface area contributed by atoms with Gasteiger partial charge in [0.1, 0.15) is 0 Å². The van der Waals surface area contributed by atoms with E-state index in [1.54, 1.807) is 0 Å². The third-order valence-electron chi connectivity index (χ3n) is 4.21. The second kappa shape index (κ2) is 5.60. The molecule has 3 nitrogen and oxygen atoms in total. The minimum Gasteiger partial charge on any atom is -0.369 e. The molecule has 3 N–H and O–H groups in total. The summed E-state index contributed by atoms with van der Waals surface area (Å²) in [6.07, 6.45) is 2.22. The summed E-state index contributed by atoms with van der Waals surface area (Å²) < 4.78 is 0. The zero-order valence-electron chi connectivity index (χ0n) is 12.5. The van der Waals surface area contributed by atoms with Crippen LogP contribution in [0.4, 0.5) is 11.4 Å². The van der Waals surface area contributed by atoms with E-state index in [-0.39, 0.29) is 0 Å². The predicted molar refractivity (Wildman–Crippen MR) is 97.7 cm³/mol. The molecule has 0 aliphatic heterocycles. The van der Waals surface area contributed by atoms with Crippen LogP contribution in [0, 0.1) is 0 Å². The first-order chi connectivity index (χ1) is 11.2. The van der Waals surface area contributed by atoms with Gasteiger partial charge < -0.3 is 11.1 Å². The molecule has 0 saturated heterocycles. The number of anilines is 1. The van der Waals surface area contributed by atoms with Crippen molar-refractivity contribution in [2.24, 2.45) is 10.7 Å². The van der Waals surface area contributed by atoms with E-state index in [0.717, 1.165) is 24.2 Å². The van der Waals surface area contributed by atoms with Crippen molar-refractivity contribution in [2.45, 2.75) is 12.8 Å². The van der Waals surface area contributed by atoms with E-state index in [1.165, 1.54) is 21.9 Å². The molecule has 0 atom stereocenters. The van der Waals surface area contributed by atoms with Gasteiger partial charge >= 0.3 is 0 Å². The summed E-state index contributed by atoms with van der Waals surface area (Å²) >= 11 is 5.89. The largest absolute Gasteiger partial charge is 0.369 e. The molecular weight excluding hydrogens is 306 g/mol. The maximum Gasteiger partial charge on any atom is 0.198 e. The number of guanidine groups is 1. The van der Waals surface area contributed by atoms with Gasteiger partial charge in [-0.05, 0) is 59.7 Å². The number of hydrogen-bond acceptors (Lipinski definition) is 1. The molecular formula is C19H16ClN3. The molecule has 1 aliphatic carbocycles. The van der Waals surface area contributed by atoms with Gasteiger partial charge in [-0.25, -0.2) is 4.99 Å². The second-order valence-electron chi connectivity index (χ2n) is 5.71. The lowest BCUT2D eigenvalue weighted by molar-refractivity contribution is 1.02. The molecule has 0 saturated carbocycles. The molecule has 0 radical (unpaired) electrons. The zero-order chi connectivity index (χ0) is 15.8. The fraction of sp³-hybridized carbons (Fsp3) is 0.105. The van der Waals surface area contributed by atoms with Crippen molar-refractivity contribution in [1.29, 1.82) is 0 Å². The SMILES string of the molecule is NC(=Nc1ccc2c3c(cccc13)CC2)Nc1ccc(Cl)cc1. The standard InChI is InChI=1S/C19H16ClN3/c20-14-7-9-15(10-8-14)22-19(21)23-17-11-6-13-5-4-12-2-1-3-16(17)18(12)13/h1-3,6-11H,4-5H2,(H3,21,22,23). The summed E-state index contributed by atoms with van der Waals surface area (Å²) in [5.74, 6) is 0.367. The number of halogens is 1. The third kappa shape index (κ3) is 2.64.